The molecule has 1 aliphatic carbocycles. The first-order valence-electron chi connectivity index (χ1n) is 14.2. The highest BCUT2D eigenvalue weighted by atomic mass is 16.5. The first-order valence-corrected chi connectivity index (χ1v) is 14.2. The van der Waals surface area contributed by atoms with Crippen molar-refractivity contribution in [3.8, 4) is 5.75 Å². The molecule has 0 spiro atoms. The molecule has 3 aliphatic rings. The van der Waals surface area contributed by atoms with Crippen molar-refractivity contribution in [2.75, 3.05) is 11.5 Å². The highest BCUT2D eigenvalue weighted by Crippen LogP contribution is 2.52. The largest absolute Gasteiger partial charge is 0.508 e. The van der Waals surface area contributed by atoms with Crippen LogP contribution in [0.15, 0.2) is 96.1 Å². The smallest absolute Gasteiger partial charge is 0.238 e. The number of amides is 2. The number of carbonyl (C=O) groups excluding carboxylic acids is 2. The molecule has 2 aliphatic heterocycles. The molecule has 1 N–H and O–H groups in total. The second-order valence-electron chi connectivity index (χ2n) is 11.4. The van der Waals surface area contributed by atoms with E-state index in [9.17, 15) is 14.7 Å². The lowest BCUT2D eigenvalue weighted by Crippen LogP contribution is -2.35. The Hall–Kier alpha value is -3.96. The van der Waals surface area contributed by atoms with E-state index in [1.54, 1.807) is 12.1 Å². The molecule has 2 saturated heterocycles. The summed E-state index contributed by atoms with van der Waals surface area (Å²) in [6, 6.07) is 26.9. The van der Waals surface area contributed by atoms with Crippen LogP contribution in [0.3, 0.4) is 0 Å². The number of phenols is 1. The summed E-state index contributed by atoms with van der Waals surface area (Å²) in [4.78, 5) is 28.7. The minimum Gasteiger partial charge on any atom is -0.508 e. The maximum absolute atomic E-state index is 13.8. The number of ether oxygens (including phenoxy) is 1. The molecule has 0 bridgehead atoms. The van der Waals surface area contributed by atoms with Crippen LogP contribution in [0.25, 0.3) is 11.6 Å². The zero-order valence-corrected chi connectivity index (χ0v) is 23.0. The lowest BCUT2D eigenvalue weighted by Gasteiger charge is -2.33. The van der Waals surface area contributed by atoms with Gasteiger partial charge in [0, 0.05) is 5.92 Å². The molecule has 0 unspecified atom stereocenters. The van der Waals surface area contributed by atoms with Crippen LogP contribution in [-0.4, -0.2) is 29.6 Å². The van der Waals surface area contributed by atoms with Gasteiger partial charge in [0.2, 0.25) is 11.8 Å². The molecule has 40 heavy (non-hydrogen) atoms. The maximum Gasteiger partial charge on any atom is 0.238 e. The zero-order valence-electron chi connectivity index (χ0n) is 23.0. The van der Waals surface area contributed by atoms with E-state index in [4.69, 9.17) is 4.74 Å². The Labute approximate surface area is 235 Å². The van der Waals surface area contributed by atoms with Gasteiger partial charge < -0.3 is 9.84 Å². The first kappa shape index (κ1) is 26.3. The molecule has 5 heteroatoms. The van der Waals surface area contributed by atoms with Crippen molar-refractivity contribution in [3.05, 3.63) is 107 Å². The Bertz CT molecular complexity index is 1460. The number of carbonyl (C=O) groups is 2. The van der Waals surface area contributed by atoms with E-state index >= 15 is 0 Å². The zero-order chi connectivity index (χ0) is 27.8. The molecule has 3 aromatic carbocycles. The number of hydrogen-bond acceptors (Lipinski definition) is 4. The molecule has 0 aromatic heterocycles. The van der Waals surface area contributed by atoms with Crippen molar-refractivity contribution in [1.29, 1.82) is 0 Å². The van der Waals surface area contributed by atoms with Crippen LogP contribution in [0, 0.1) is 23.7 Å². The number of anilines is 1. The van der Waals surface area contributed by atoms with Gasteiger partial charge in [-0.05, 0) is 71.7 Å². The molecule has 0 saturated carbocycles. The van der Waals surface area contributed by atoms with Crippen LogP contribution in [0.5, 0.6) is 5.75 Å². The number of rotatable bonds is 7. The molecule has 5 nitrogen and oxygen atoms in total. The third kappa shape index (κ3) is 4.79. The monoisotopic (exact) mass is 533 g/mol. The van der Waals surface area contributed by atoms with Crippen molar-refractivity contribution in [2.45, 2.75) is 39.2 Å². The Morgan fingerprint density at radius 3 is 2.27 bits per heavy atom. The summed E-state index contributed by atoms with van der Waals surface area (Å²) < 4.78 is 6.47. The summed E-state index contributed by atoms with van der Waals surface area (Å²) in [5.41, 5.74) is 6.57. The fraction of sp³-hybridized carbons (Fsp3) is 0.314. The van der Waals surface area contributed by atoms with Gasteiger partial charge in [0.25, 0.3) is 0 Å². The number of aromatic hydroxyl groups is 1. The number of imide groups is 1. The Morgan fingerprint density at radius 2 is 1.60 bits per heavy atom. The van der Waals surface area contributed by atoms with E-state index in [1.165, 1.54) is 21.6 Å². The first-order chi connectivity index (χ1) is 19.4. The van der Waals surface area contributed by atoms with Gasteiger partial charge in [-0.3, -0.25) is 14.5 Å². The molecule has 3 aromatic rings. The maximum atomic E-state index is 13.8. The number of fused-ring (bicyclic) bond motifs is 3. The van der Waals surface area contributed by atoms with Crippen LogP contribution in [0.2, 0.25) is 0 Å². The van der Waals surface area contributed by atoms with Crippen LogP contribution < -0.4 is 4.90 Å². The lowest BCUT2D eigenvalue weighted by molar-refractivity contribution is -0.122. The molecule has 204 valence electrons. The van der Waals surface area contributed by atoms with Gasteiger partial charge in [-0.25, -0.2) is 0 Å². The standard InChI is InChI=1S/C35H35NO4/c1-22(2)28-20-29-33(35(39)36(34(29)38)26-11-7-4-8-12-26)30-21-40-31(32(28)30)18-15-25(24-9-5-3-6-10-24)19-23-13-16-27(37)17-14-23/h3-14,16-17,19,22,29-31,33,37H,15,18,20-21H2,1-2H3/b25-19-/t29-,30+,31-,33-/m1/s1. The van der Waals surface area contributed by atoms with Crippen molar-refractivity contribution in [3.63, 3.8) is 0 Å². The molecule has 4 atom stereocenters. The Balaban J connectivity index is 1.29. The third-order valence-corrected chi connectivity index (χ3v) is 8.71. The molecule has 2 heterocycles. The van der Waals surface area contributed by atoms with Gasteiger partial charge in [-0.2, -0.15) is 0 Å². The number of allylic oxidation sites excluding steroid dienone is 2. The Morgan fingerprint density at radius 1 is 0.925 bits per heavy atom. The molecular formula is C35H35NO4. The van der Waals surface area contributed by atoms with Gasteiger partial charge in [0.1, 0.15) is 5.75 Å². The van der Waals surface area contributed by atoms with Crippen molar-refractivity contribution < 1.29 is 19.4 Å². The average molecular weight is 534 g/mol. The highest BCUT2D eigenvalue weighted by Gasteiger charge is 2.57. The van der Waals surface area contributed by atoms with Gasteiger partial charge in [-0.15, -0.1) is 0 Å². The quantitative estimate of drug-likeness (QED) is 0.204. The van der Waals surface area contributed by atoms with Gasteiger partial charge in [-0.1, -0.05) is 86.2 Å². The van der Waals surface area contributed by atoms with E-state index in [0.717, 1.165) is 24.0 Å². The predicted molar refractivity (Wildman–Crippen MR) is 157 cm³/mol. The van der Waals surface area contributed by atoms with Crippen molar-refractivity contribution in [2.24, 2.45) is 23.7 Å². The minimum absolute atomic E-state index is 0.0624. The summed E-state index contributed by atoms with van der Waals surface area (Å²) in [5, 5.41) is 9.73. The molecule has 6 rings (SSSR count). The SMILES string of the molecule is CC(C)C1=C2[C@@H](CC/C(=C/c3ccc(O)cc3)c3ccccc3)OC[C@@H]2[C@@H]2C(=O)N(c3ccccc3)C(=O)[C@@H]2C1. The topological polar surface area (TPSA) is 66.8 Å². The molecular weight excluding hydrogens is 498 g/mol. The van der Waals surface area contributed by atoms with Crippen molar-refractivity contribution in [1.82, 2.24) is 0 Å². The van der Waals surface area contributed by atoms with Crippen LogP contribution in [0.1, 0.15) is 44.2 Å². The summed E-state index contributed by atoms with van der Waals surface area (Å²) in [6.45, 7) is 4.85. The number of hydrogen-bond donors (Lipinski definition) is 1. The number of benzene rings is 3. The van der Waals surface area contributed by atoms with E-state index in [1.807, 2.05) is 60.7 Å². The van der Waals surface area contributed by atoms with Crippen LogP contribution >= 0.6 is 0 Å². The summed E-state index contributed by atoms with van der Waals surface area (Å²) in [5.74, 6) is -0.395. The molecule has 0 radical (unpaired) electrons. The van der Waals surface area contributed by atoms with Crippen LogP contribution in [-0.2, 0) is 14.3 Å². The van der Waals surface area contributed by atoms with E-state index in [2.05, 4.69) is 32.1 Å². The van der Waals surface area contributed by atoms with Gasteiger partial charge >= 0.3 is 0 Å². The predicted octanol–water partition coefficient (Wildman–Crippen LogP) is 6.89. The fourth-order valence-electron chi connectivity index (χ4n) is 6.80. The second kappa shape index (κ2) is 10.9. The lowest BCUT2D eigenvalue weighted by atomic mass is 9.67. The third-order valence-electron chi connectivity index (χ3n) is 8.71. The summed E-state index contributed by atoms with van der Waals surface area (Å²) in [6.07, 6.45) is 4.31. The van der Waals surface area contributed by atoms with E-state index in [-0.39, 0.29) is 47.3 Å². The van der Waals surface area contributed by atoms with E-state index < -0.39 is 0 Å². The number of nitrogens with zero attached hydrogens (tertiary/aromatic N) is 1. The highest BCUT2D eigenvalue weighted by molar-refractivity contribution is 6.22. The average Bonchev–Trinajstić information content (AvgIpc) is 3.50. The van der Waals surface area contributed by atoms with Gasteiger partial charge in [0.15, 0.2) is 0 Å². The van der Waals surface area contributed by atoms with Crippen LogP contribution in [0.4, 0.5) is 5.69 Å². The van der Waals surface area contributed by atoms with Gasteiger partial charge in [0.05, 0.1) is 30.2 Å². The molecule has 2 fully saturated rings. The summed E-state index contributed by atoms with van der Waals surface area (Å²) in [7, 11) is 0. The minimum atomic E-state index is -0.365. The number of para-hydroxylation sites is 1. The molecule has 2 amide bonds. The summed E-state index contributed by atoms with van der Waals surface area (Å²) >= 11 is 0. The van der Waals surface area contributed by atoms with Crippen molar-refractivity contribution >= 4 is 29.2 Å². The Kier molecular flexibility index (Phi) is 7.16. The van der Waals surface area contributed by atoms with E-state index in [0.29, 0.717) is 18.7 Å². The number of phenolic OH excluding ortho intramolecular Hbond substituents is 1. The fourth-order valence-corrected chi connectivity index (χ4v) is 6.80. The second-order valence-corrected chi connectivity index (χ2v) is 11.4. The normalized spacial score (nSPS) is 24.6.